The molecule has 0 saturated heterocycles. The predicted molar refractivity (Wildman–Crippen MR) is 135 cm³/mol. The first kappa shape index (κ1) is 26.5. The predicted octanol–water partition coefficient (Wildman–Crippen LogP) is 4.43. The van der Waals surface area contributed by atoms with E-state index in [0.717, 1.165) is 21.6 Å². The van der Waals surface area contributed by atoms with Crippen LogP contribution in [0.4, 0.5) is 8.87 Å². The molecule has 1 unspecified atom stereocenters. The van der Waals surface area contributed by atoms with Crippen molar-refractivity contribution in [3.05, 3.63) is 114 Å². The number of halogens is 2. The van der Waals surface area contributed by atoms with E-state index in [9.17, 15) is 25.7 Å². The summed E-state index contributed by atoms with van der Waals surface area (Å²) >= 11 is 5.43. The number of rotatable bonds is 5. The maximum atomic E-state index is 13.4. The Kier molecular flexibility index (Phi) is 8.41. The molecule has 35 heavy (non-hydrogen) atoms. The minimum Gasteiger partial charge on any atom is -0.225 e. The van der Waals surface area contributed by atoms with E-state index in [1.807, 2.05) is 18.2 Å². The summed E-state index contributed by atoms with van der Waals surface area (Å²) in [6.45, 7) is 0. The highest BCUT2D eigenvalue weighted by atomic mass is 32.2. The fourth-order valence-electron chi connectivity index (χ4n) is 3.22. The quantitative estimate of drug-likeness (QED) is 0.372. The van der Waals surface area contributed by atoms with Crippen LogP contribution in [0, 0.1) is 5.82 Å². The Morgan fingerprint density at radius 3 is 2.03 bits per heavy atom. The maximum absolute atomic E-state index is 13.4. The number of nitrogens with one attached hydrogen (secondary N) is 1. The van der Waals surface area contributed by atoms with Crippen molar-refractivity contribution < 1.29 is 25.7 Å². The molecule has 3 aromatic rings. The highest BCUT2D eigenvalue weighted by molar-refractivity contribution is 7.89. The lowest BCUT2D eigenvalue weighted by molar-refractivity contribution is 0.425. The second-order valence-corrected chi connectivity index (χ2v) is 11.0. The standard InChI is InChI=1S/C18H13F2NO2S2.C6H7NO2S/c19-15-3-1-2-14(10-15)17-9-6-13(11-18(17)24)12-4-7-16(8-5-12)25(22,23)21-20;7-10(8,9)6-4-2-1-3-5-6/h1-11,17,21H;1-5H,(H2,7,8,9). The smallest absolute Gasteiger partial charge is 0.225 e. The van der Waals surface area contributed by atoms with Crippen LogP contribution in [0.1, 0.15) is 17.0 Å². The number of benzene rings is 3. The summed E-state index contributed by atoms with van der Waals surface area (Å²) in [5.74, 6) is -0.508. The van der Waals surface area contributed by atoms with Crippen LogP contribution >= 0.6 is 12.2 Å². The molecule has 6 nitrogen and oxygen atoms in total. The van der Waals surface area contributed by atoms with Crippen LogP contribution in [0.5, 0.6) is 0 Å². The van der Waals surface area contributed by atoms with Gasteiger partial charge in [-0.3, -0.25) is 0 Å². The molecule has 0 bridgehead atoms. The van der Waals surface area contributed by atoms with Crippen LogP contribution < -0.4 is 10.1 Å². The molecule has 0 radical (unpaired) electrons. The normalized spacial score (nSPS) is 15.7. The summed E-state index contributed by atoms with van der Waals surface area (Å²) in [6.07, 6.45) is 5.52. The Morgan fingerprint density at radius 2 is 1.51 bits per heavy atom. The van der Waals surface area contributed by atoms with Crippen molar-refractivity contribution in [1.82, 2.24) is 4.94 Å². The van der Waals surface area contributed by atoms with E-state index in [0.29, 0.717) is 4.86 Å². The summed E-state index contributed by atoms with van der Waals surface area (Å²) in [7, 11) is -7.62. The number of thiocarbonyl (C=S) groups is 1. The van der Waals surface area contributed by atoms with E-state index in [4.69, 9.17) is 17.4 Å². The Labute approximate surface area is 207 Å². The minimum atomic E-state index is -4.12. The van der Waals surface area contributed by atoms with Crippen molar-refractivity contribution in [3.8, 4) is 0 Å². The third-order valence-corrected chi connectivity index (χ3v) is 7.35. The summed E-state index contributed by atoms with van der Waals surface area (Å²) in [4.78, 5) is 1.40. The van der Waals surface area contributed by atoms with Crippen LogP contribution in [0.2, 0.25) is 0 Å². The fraction of sp³-hybridized carbons (Fsp3) is 0.0417. The van der Waals surface area contributed by atoms with Crippen LogP contribution in [-0.4, -0.2) is 21.7 Å². The molecule has 3 N–H and O–H groups in total. The topological polar surface area (TPSA) is 106 Å². The largest absolute Gasteiger partial charge is 0.266 e. The van der Waals surface area contributed by atoms with Crippen LogP contribution in [0.3, 0.4) is 0 Å². The number of primary sulfonamides is 1. The van der Waals surface area contributed by atoms with Crippen molar-refractivity contribution in [3.63, 3.8) is 0 Å². The molecule has 1 aliphatic carbocycles. The van der Waals surface area contributed by atoms with Gasteiger partial charge in [0.15, 0.2) is 0 Å². The van der Waals surface area contributed by atoms with Crippen molar-refractivity contribution in [2.45, 2.75) is 15.7 Å². The first-order valence-corrected chi connectivity index (χ1v) is 13.4. The molecule has 4 rings (SSSR count). The molecule has 11 heteroatoms. The third kappa shape index (κ3) is 6.96. The zero-order valence-electron chi connectivity index (χ0n) is 18.0. The monoisotopic (exact) mass is 534 g/mol. The van der Waals surface area contributed by atoms with Gasteiger partial charge in [-0.15, -0.1) is 4.48 Å². The molecule has 0 aliphatic heterocycles. The SMILES string of the molecule is NS(=O)(=O)c1ccccc1.O=S(=O)(NF)c1ccc(C2=CC(=S)C(c3cccc(F)c3)C=C2)cc1. The molecule has 0 aromatic heterocycles. The van der Waals surface area contributed by atoms with Crippen molar-refractivity contribution in [2.24, 2.45) is 5.14 Å². The first-order valence-electron chi connectivity index (χ1n) is 10.0. The van der Waals surface area contributed by atoms with Crippen LogP contribution in [0.15, 0.2) is 107 Å². The van der Waals surface area contributed by atoms with Crippen molar-refractivity contribution in [2.75, 3.05) is 0 Å². The number of hydrogen-bond donors (Lipinski definition) is 2. The van der Waals surface area contributed by atoms with Crippen LogP contribution in [-0.2, 0) is 20.0 Å². The fourth-order valence-corrected chi connectivity index (χ4v) is 4.68. The Balaban J connectivity index is 0.000000287. The van der Waals surface area contributed by atoms with E-state index in [-0.39, 0.29) is 21.5 Å². The Morgan fingerprint density at radius 1 is 0.857 bits per heavy atom. The van der Waals surface area contributed by atoms with Gasteiger partial charge >= 0.3 is 0 Å². The van der Waals surface area contributed by atoms with E-state index >= 15 is 0 Å². The molecular weight excluding hydrogens is 514 g/mol. The van der Waals surface area contributed by atoms with Gasteiger partial charge in [-0.1, -0.05) is 66.8 Å². The van der Waals surface area contributed by atoms with Gasteiger partial charge in [0.1, 0.15) is 5.82 Å². The molecule has 0 amide bonds. The Bertz CT molecular complexity index is 1490. The summed E-state index contributed by atoms with van der Waals surface area (Å²) in [5.41, 5.74) is 2.32. The van der Waals surface area contributed by atoms with E-state index in [2.05, 4.69) is 0 Å². The van der Waals surface area contributed by atoms with Crippen LogP contribution in [0.25, 0.3) is 5.57 Å². The lowest BCUT2D eigenvalue weighted by atomic mass is 9.88. The van der Waals surface area contributed by atoms with Gasteiger partial charge in [-0.2, -0.15) is 0 Å². The maximum Gasteiger partial charge on any atom is 0.266 e. The van der Waals surface area contributed by atoms with E-state index in [1.54, 1.807) is 42.5 Å². The van der Waals surface area contributed by atoms with Gasteiger partial charge in [-0.25, -0.2) is 26.4 Å². The average Bonchev–Trinajstić information content (AvgIpc) is 2.84. The number of sulfonamides is 2. The minimum absolute atomic E-state index is 0.148. The molecule has 0 heterocycles. The Hall–Kier alpha value is -3.09. The highest BCUT2D eigenvalue weighted by Gasteiger charge is 2.18. The summed E-state index contributed by atoms with van der Waals surface area (Å²) < 4.78 is 69.7. The molecule has 0 saturated carbocycles. The highest BCUT2D eigenvalue weighted by Crippen LogP contribution is 2.30. The van der Waals surface area contributed by atoms with Gasteiger partial charge < -0.3 is 0 Å². The number of nitrogens with two attached hydrogens (primary N) is 1. The zero-order valence-corrected chi connectivity index (χ0v) is 20.5. The van der Waals surface area contributed by atoms with Gasteiger partial charge in [0.25, 0.3) is 10.0 Å². The molecule has 182 valence electrons. The number of hydrogen-bond acceptors (Lipinski definition) is 5. The van der Waals surface area contributed by atoms with Crippen molar-refractivity contribution >= 4 is 42.7 Å². The lowest BCUT2D eigenvalue weighted by Gasteiger charge is -2.18. The second-order valence-electron chi connectivity index (χ2n) is 7.36. The van der Waals surface area contributed by atoms with Crippen molar-refractivity contribution in [1.29, 1.82) is 0 Å². The van der Waals surface area contributed by atoms with Gasteiger partial charge in [0, 0.05) is 10.8 Å². The second kappa shape index (κ2) is 11.1. The molecule has 0 spiro atoms. The summed E-state index contributed by atoms with van der Waals surface area (Å²) in [5, 5.41) is 4.83. The summed E-state index contributed by atoms with van der Waals surface area (Å²) in [6, 6.07) is 19.9. The van der Waals surface area contributed by atoms with E-state index in [1.165, 1.54) is 36.4 Å². The third-order valence-electron chi connectivity index (χ3n) is 4.95. The average molecular weight is 535 g/mol. The molecule has 1 aliphatic rings. The van der Waals surface area contributed by atoms with Gasteiger partial charge in [-0.05, 0) is 64.1 Å². The molecule has 0 fully saturated rings. The molecule has 1 atom stereocenters. The first-order chi connectivity index (χ1) is 16.5. The van der Waals surface area contributed by atoms with E-state index < -0.39 is 20.0 Å². The van der Waals surface area contributed by atoms with Gasteiger partial charge in [0.05, 0.1) is 9.79 Å². The molecule has 3 aromatic carbocycles. The lowest BCUT2D eigenvalue weighted by Crippen LogP contribution is -2.14. The van der Waals surface area contributed by atoms with Gasteiger partial charge in [0.2, 0.25) is 10.0 Å². The molecular formula is C24H20F2N2O4S3. The zero-order chi connectivity index (χ0) is 25.6. The number of allylic oxidation sites excluding steroid dienone is 4.